The topological polar surface area (TPSA) is 18.5 Å². The molecule has 0 aromatic rings. The van der Waals surface area contributed by atoms with Crippen molar-refractivity contribution in [1.29, 1.82) is 0 Å². The van der Waals surface area contributed by atoms with Crippen LogP contribution >= 0.6 is 0 Å². The Labute approximate surface area is 104 Å². The van der Waals surface area contributed by atoms with Crippen molar-refractivity contribution in [3.05, 3.63) is 24.3 Å². The summed E-state index contributed by atoms with van der Waals surface area (Å²) in [7, 11) is 3.60. The van der Waals surface area contributed by atoms with E-state index in [9.17, 15) is 0 Å². The highest BCUT2D eigenvalue weighted by atomic mass is 16.7. The van der Waals surface area contributed by atoms with Crippen molar-refractivity contribution < 1.29 is 9.47 Å². The summed E-state index contributed by atoms with van der Waals surface area (Å²) in [6.45, 7) is 0. The molecule has 0 N–H and O–H groups in total. The Morgan fingerprint density at radius 3 is 1.76 bits per heavy atom. The van der Waals surface area contributed by atoms with Gasteiger partial charge in [0.05, 0.1) is 0 Å². The molecule has 0 amide bonds. The number of methoxy groups -OCH3 is 2. The van der Waals surface area contributed by atoms with Crippen LogP contribution in [0.4, 0.5) is 0 Å². The van der Waals surface area contributed by atoms with Crippen molar-refractivity contribution in [2.75, 3.05) is 14.2 Å². The molecule has 3 aliphatic carbocycles. The molecule has 17 heavy (non-hydrogen) atoms. The van der Waals surface area contributed by atoms with Gasteiger partial charge in [-0.05, 0) is 37.5 Å². The van der Waals surface area contributed by atoms with E-state index in [4.69, 9.17) is 9.47 Å². The predicted molar refractivity (Wildman–Crippen MR) is 67.5 cm³/mol. The Kier molecular flexibility index (Phi) is 2.87. The van der Waals surface area contributed by atoms with E-state index in [0.717, 1.165) is 11.8 Å². The van der Waals surface area contributed by atoms with Crippen LogP contribution in [0.25, 0.3) is 0 Å². The molecule has 3 aliphatic rings. The summed E-state index contributed by atoms with van der Waals surface area (Å²) < 4.78 is 11.6. The first-order valence-corrected chi connectivity index (χ1v) is 6.77. The summed E-state index contributed by atoms with van der Waals surface area (Å²) in [6.07, 6.45) is 14.3. The van der Waals surface area contributed by atoms with E-state index in [-0.39, 0.29) is 5.79 Å². The van der Waals surface area contributed by atoms with E-state index in [0.29, 0.717) is 11.8 Å². The van der Waals surface area contributed by atoms with E-state index in [2.05, 4.69) is 24.3 Å². The normalized spacial score (nSPS) is 42.2. The Balaban J connectivity index is 1.92. The number of allylic oxidation sites excluding steroid dienone is 2. The zero-order chi connectivity index (χ0) is 11.9. The molecule has 0 aromatic carbocycles. The Hall–Kier alpha value is -0.600. The van der Waals surface area contributed by atoms with Crippen molar-refractivity contribution in [2.45, 2.75) is 31.5 Å². The molecule has 0 spiro atoms. The first kappa shape index (κ1) is 11.5. The molecule has 2 bridgehead atoms. The van der Waals surface area contributed by atoms with Crippen LogP contribution in [0.3, 0.4) is 0 Å². The average molecular weight is 234 g/mol. The SMILES string of the molecule is COC1(OC)[C@@H]2C=C[C@@H]1[C@H]1CCC=CCC[C@@H]12. The highest BCUT2D eigenvalue weighted by Crippen LogP contribution is 2.59. The number of hydrogen-bond donors (Lipinski definition) is 0. The number of hydrogen-bond acceptors (Lipinski definition) is 2. The van der Waals surface area contributed by atoms with E-state index >= 15 is 0 Å². The monoisotopic (exact) mass is 234 g/mol. The molecule has 3 rings (SSSR count). The van der Waals surface area contributed by atoms with Crippen molar-refractivity contribution in [3.63, 3.8) is 0 Å². The second-order valence-electron chi connectivity index (χ2n) is 5.52. The van der Waals surface area contributed by atoms with Gasteiger partial charge in [-0.3, -0.25) is 0 Å². The van der Waals surface area contributed by atoms with Crippen LogP contribution in [0.1, 0.15) is 25.7 Å². The molecule has 1 saturated carbocycles. The highest BCUT2D eigenvalue weighted by molar-refractivity contribution is 5.23. The lowest BCUT2D eigenvalue weighted by Gasteiger charge is -2.32. The predicted octanol–water partition coefficient (Wildman–Crippen LogP) is 3.15. The average Bonchev–Trinajstić information content (AvgIpc) is 2.78. The zero-order valence-electron chi connectivity index (χ0n) is 10.8. The molecule has 2 heteroatoms. The van der Waals surface area contributed by atoms with Crippen LogP contribution in [-0.4, -0.2) is 20.0 Å². The van der Waals surface area contributed by atoms with Gasteiger partial charge in [0.25, 0.3) is 0 Å². The standard InChI is InChI=1S/C15H22O2/c1-16-15(17-2)13-9-10-14(15)12-8-6-4-3-5-7-11(12)13/h3-4,9-14H,5-8H2,1-2H3/t11-,12-,13+,14+/m0/s1. The van der Waals surface area contributed by atoms with Gasteiger partial charge in [0, 0.05) is 26.1 Å². The van der Waals surface area contributed by atoms with Gasteiger partial charge in [0.15, 0.2) is 5.79 Å². The molecule has 0 saturated heterocycles. The van der Waals surface area contributed by atoms with Crippen molar-refractivity contribution in [2.24, 2.45) is 23.7 Å². The highest BCUT2D eigenvalue weighted by Gasteiger charge is 2.61. The largest absolute Gasteiger partial charge is 0.352 e. The molecular weight excluding hydrogens is 212 g/mol. The summed E-state index contributed by atoms with van der Waals surface area (Å²) in [5.41, 5.74) is 0. The zero-order valence-corrected chi connectivity index (χ0v) is 10.8. The van der Waals surface area contributed by atoms with Crippen molar-refractivity contribution >= 4 is 0 Å². The minimum absolute atomic E-state index is 0.361. The smallest absolute Gasteiger partial charge is 0.180 e. The second-order valence-corrected chi connectivity index (χ2v) is 5.52. The number of rotatable bonds is 2. The number of fused-ring (bicyclic) bond motifs is 5. The molecule has 0 aromatic heterocycles. The van der Waals surface area contributed by atoms with E-state index in [1.165, 1.54) is 25.7 Å². The maximum atomic E-state index is 5.80. The molecule has 2 nitrogen and oxygen atoms in total. The molecule has 94 valence electrons. The van der Waals surface area contributed by atoms with Crippen LogP contribution in [-0.2, 0) is 9.47 Å². The fraction of sp³-hybridized carbons (Fsp3) is 0.733. The maximum Gasteiger partial charge on any atom is 0.180 e. The molecule has 0 radical (unpaired) electrons. The van der Waals surface area contributed by atoms with Gasteiger partial charge in [0.1, 0.15) is 0 Å². The van der Waals surface area contributed by atoms with Crippen molar-refractivity contribution in [3.8, 4) is 0 Å². The van der Waals surface area contributed by atoms with Gasteiger partial charge in [-0.25, -0.2) is 0 Å². The van der Waals surface area contributed by atoms with E-state index in [1.807, 2.05) is 0 Å². The first-order chi connectivity index (χ1) is 8.33. The van der Waals surface area contributed by atoms with Crippen LogP contribution in [0.5, 0.6) is 0 Å². The van der Waals surface area contributed by atoms with Crippen LogP contribution in [0.15, 0.2) is 24.3 Å². The van der Waals surface area contributed by atoms with Gasteiger partial charge in [-0.1, -0.05) is 24.3 Å². The minimum Gasteiger partial charge on any atom is -0.352 e. The summed E-state index contributed by atoms with van der Waals surface area (Å²) in [5.74, 6) is 2.04. The molecular formula is C15H22O2. The van der Waals surface area contributed by atoms with Gasteiger partial charge < -0.3 is 9.47 Å². The van der Waals surface area contributed by atoms with Gasteiger partial charge >= 0.3 is 0 Å². The Bertz CT molecular complexity index is 313. The van der Waals surface area contributed by atoms with Crippen LogP contribution < -0.4 is 0 Å². The lowest BCUT2D eigenvalue weighted by atomic mass is 9.77. The maximum absolute atomic E-state index is 5.80. The third-order valence-corrected chi connectivity index (χ3v) is 5.07. The van der Waals surface area contributed by atoms with E-state index in [1.54, 1.807) is 14.2 Å². The van der Waals surface area contributed by atoms with Gasteiger partial charge in [0.2, 0.25) is 0 Å². The molecule has 0 heterocycles. The summed E-state index contributed by atoms with van der Waals surface area (Å²) in [5, 5.41) is 0. The van der Waals surface area contributed by atoms with Gasteiger partial charge in [-0.2, -0.15) is 0 Å². The fourth-order valence-electron chi connectivity index (χ4n) is 4.37. The lowest BCUT2D eigenvalue weighted by Crippen LogP contribution is -2.40. The molecule has 4 atom stereocenters. The third-order valence-electron chi connectivity index (χ3n) is 5.07. The lowest BCUT2D eigenvalue weighted by molar-refractivity contribution is -0.234. The fourth-order valence-corrected chi connectivity index (χ4v) is 4.37. The quantitative estimate of drug-likeness (QED) is 0.540. The molecule has 0 aliphatic heterocycles. The summed E-state index contributed by atoms with van der Waals surface area (Å²) >= 11 is 0. The Morgan fingerprint density at radius 2 is 1.35 bits per heavy atom. The third kappa shape index (κ3) is 1.47. The minimum atomic E-state index is -0.361. The van der Waals surface area contributed by atoms with Gasteiger partial charge in [-0.15, -0.1) is 0 Å². The van der Waals surface area contributed by atoms with Crippen LogP contribution in [0.2, 0.25) is 0 Å². The molecule has 0 unspecified atom stereocenters. The van der Waals surface area contributed by atoms with Crippen molar-refractivity contribution in [1.82, 2.24) is 0 Å². The summed E-state index contributed by atoms with van der Waals surface area (Å²) in [6, 6.07) is 0. The first-order valence-electron chi connectivity index (χ1n) is 6.77. The Morgan fingerprint density at radius 1 is 0.882 bits per heavy atom. The second kappa shape index (κ2) is 4.25. The number of ether oxygens (including phenoxy) is 2. The van der Waals surface area contributed by atoms with E-state index < -0.39 is 0 Å². The molecule has 1 fully saturated rings. The summed E-state index contributed by atoms with van der Waals surface area (Å²) in [4.78, 5) is 0. The van der Waals surface area contributed by atoms with Crippen LogP contribution in [0, 0.1) is 23.7 Å².